The maximum Gasteiger partial charge on any atom is 0.214 e. The van der Waals surface area contributed by atoms with Gasteiger partial charge in [0.1, 0.15) is 12.4 Å². The van der Waals surface area contributed by atoms with Gasteiger partial charge in [-0.15, -0.1) is 0 Å². The summed E-state index contributed by atoms with van der Waals surface area (Å²) in [5.74, 6) is 1.28. The Balaban J connectivity index is 1.16. The molecular weight excluding hydrogens is 444 g/mol. The van der Waals surface area contributed by atoms with Crippen molar-refractivity contribution >= 4 is 21.6 Å². The van der Waals surface area contributed by atoms with E-state index in [0.717, 1.165) is 42.9 Å². The third kappa shape index (κ3) is 3.30. The highest BCUT2D eigenvalue weighted by molar-refractivity contribution is 7.90. The Kier molecular flexibility index (Phi) is 4.88. The van der Waals surface area contributed by atoms with Crippen molar-refractivity contribution in [2.24, 2.45) is 5.41 Å². The molecule has 0 radical (unpaired) electrons. The Morgan fingerprint density at radius 1 is 1.19 bits per heavy atom. The number of halogens is 1. The molecule has 32 heavy (non-hydrogen) atoms. The van der Waals surface area contributed by atoms with Crippen LogP contribution in [0.15, 0.2) is 42.5 Å². The van der Waals surface area contributed by atoms with Crippen molar-refractivity contribution in [3.63, 3.8) is 0 Å². The van der Waals surface area contributed by atoms with E-state index >= 15 is 0 Å². The number of ether oxygens (including phenoxy) is 1. The summed E-state index contributed by atoms with van der Waals surface area (Å²) in [5.41, 5.74) is 4.45. The van der Waals surface area contributed by atoms with Gasteiger partial charge in [-0.3, -0.25) is 4.90 Å². The first-order valence-corrected chi connectivity index (χ1v) is 13.5. The number of hydrogen-bond donors (Lipinski definition) is 1. The van der Waals surface area contributed by atoms with Gasteiger partial charge in [0.25, 0.3) is 0 Å². The Labute approximate surface area is 195 Å². The molecule has 6 rings (SSSR count). The van der Waals surface area contributed by atoms with E-state index in [1.165, 1.54) is 16.7 Å². The molecule has 2 aromatic rings. The van der Waals surface area contributed by atoms with E-state index < -0.39 is 10.0 Å². The standard InChI is InChI=1S/C25H29ClN2O3S/c1-28-23-24(28)25(23)15-17-8-9-19(31-11-10-27-32(29,30)20-6-3-7-20)14-21(17)22(25)13-16-4-2-5-18(26)12-16/h2,4-5,8-9,12,14,20,22-24,27H,3,6-7,10-11,13,15H2,1H3. The van der Waals surface area contributed by atoms with Crippen LogP contribution in [0, 0.1) is 5.41 Å². The summed E-state index contributed by atoms with van der Waals surface area (Å²) >= 11 is 6.26. The number of nitrogens with one attached hydrogen (secondary N) is 1. The van der Waals surface area contributed by atoms with Gasteiger partial charge in [-0.05, 0) is 79.6 Å². The molecule has 1 aliphatic heterocycles. The van der Waals surface area contributed by atoms with E-state index in [1.807, 2.05) is 18.2 Å². The van der Waals surface area contributed by atoms with E-state index in [4.69, 9.17) is 16.3 Å². The maximum atomic E-state index is 12.2. The molecule has 0 bridgehead atoms. The number of rotatable bonds is 8. The lowest BCUT2D eigenvalue weighted by Crippen LogP contribution is -2.40. The van der Waals surface area contributed by atoms with E-state index in [1.54, 1.807) is 0 Å². The van der Waals surface area contributed by atoms with E-state index in [9.17, 15) is 8.42 Å². The van der Waals surface area contributed by atoms with Crippen molar-refractivity contribution in [1.29, 1.82) is 0 Å². The lowest BCUT2D eigenvalue weighted by molar-refractivity contribution is 0.226. The second-order valence-corrected chi connectivity index (χ2v) is 12.4. The smallest absolute Gasteiger partial charge is 0.214 e. The van der Waals surface area contributed by atoms with E-state index in [-0.39, 0.29) is 5.25 Å². The van der Waals surface area contributed by atoms with Gasteiger partial charge in [-0.25, -0.2) is 13.1 Å². The van der Waals surface area contributed by atoms with Crippen molar-refractivity contribution in [3.05, 3.63) is 64.2 Å². The summed E-state index contributed by atoms with van der Waals surface area (Å²) < 4.78 is 33.0. The van der Waals surface area contributed by atoms with Gasteiger partial charge in [-0.2, -0.15) is 0 Å². The lowest BCUT2D eigenvalue weighted by atomic mass is 9.81. The van der Waals surface area contributed by atoms with Crippen LogP contribution >= 0.6 is 11.6 Å². The average molecular weight is 473 g/mol. The van der Waals surface area contributed by atoms with Crippen LogP contribution in [0.4, 0.5) is 0 Å². The van der Waals surface area contributed by atoms with Crippen molar-refractivity contribution in [2.75, 3.05) is 20.2 Å². The van der Waals surface area contributed by atoms with Gasteiger partial charge in [-0.1, -0.05) is 36.2 Å². The Morgan fingerprint density at radius 3 is 2.69 bits per heavy atom. The number of hydrogen-bond acceptors (Lipinski definition) is 4. The number of nitrogens with zero attached hydrogens (tertiary/aromatic N) is 1. The zero-order chi connectivity index (χ0) is 22.1. The minimum atomic E-state index is -3.19. The zero-order valence-corrected chi connectivity index (χ0v) is 19.8. The first kappa shape index (κ1) is 21.0. The maximum absolute atomic E-state index is 12.2. The van der Waals surface area contributed by atoms with Gasteiger partial charge in [0.2, 0.25) is 10.0 Å². The molecule has 3 unspecified atom stereocenters. The van der Waals surface area contributed by atoms with Crippen LogP contribution in [0.1, 0.15) is 41.9 Å². The SMILES string of the molecule is CN1C2C1C21Cc2ccc(OCCNS(=O)(=O)C3CCC3)cc2C1Cc1cccc(Cl)c1. The van der Waals surface area contributed by atoms with Gasteiger partial charge in [0, 0.05) is 29.1 Å². The predicted octanol–water partition coefficient (Wildman–Crippen LogP) is 3.76. The van der Waals surface area contributed by atoms with Crippen LogP contribution in [0.2, 0.25) is 5.02 Å². The van der Waals surface area contributed by atoms with Crippen LogP contribution in [0.3, 0.4) is 0 Å². The van der Waals surface area contributed by atoms with Crippen LogP contribution in [0.5, 0.6) is 5.75 Å². The highest BCUT2D eigenvalue weighted by Gasteiger charge is 2.84. The largest absolute Gasteiger partial charge is 0.492 e. The molecule has 0 aromatic heterocycles. The van der Waals surface area contributed by atoms with Crippen LogP contribution in [-0.2, 0) is 22.9 Å². The summed E-state index contributed by atoms with van der Waals surface area (Å²) in [6.45, 7) is 0.642. The minimum absolute atomic E-state index is 0.214. The second kappa shape index (κ2) is 7.45. The van der Waals surface area contributed by atoms with Gasteiger partial charge >= 0.3 is 0 Å². The molecule has 2 saturated carbocycles. The molecule has 3 fully saturated rings. The summed E-state index contributed by atoms with van der Waals surface area (Å²) in [5, 5.41) is 0.573. The molecule has 1 N–H and O–H groups in total. The third-order valence-corrected chi connectivity index (χ3v) is 10.4. The third-order valence-electron chi connectivity index (χ3n) is 8.21. The van der Waals surface area contributed by atoms with Gasteiger partial charge < -0.3 is 4.74 Å². The van der Waals surface area contributed by atoms with E-state index in [0.29, 0.717) is 36.6 Å². The first-order chi connectivity index (χ1) is 15.4. The molecule has 1 heterocycles. The lowest BCUT2D eigenvalue weighted by Gasteiger charge is -2.29. The summed E-state index contributed by atoms with van der Waals surface area (Å²) in [4.78, 5) is 2.47. The number of fused-ring (bicyclic) bond motifs is 4. The van der Waals surface area contributed by atoms with E-state index in [2.05, 4.69) is 40.9 Å². The quantitative estimate of drug-likeness (QED) is 0.469. The van der Waals surface area contributed by atoms with Crippen LogP contribution in [0.25, 0.3) is 0 Å². The summed E-state index contributed by atoms with van der Waals surface area (Å²) in [6, 6.07) is 16.0. The topological polar surface area (TPSA) is 58.4 Å². The highest BCUT2D eigenvalue weighted by atomic mass is 35.5. The molecule has 3 atom stereocenters. The molecule has 1 spiro atoms. The average Bonchev–Trinajstić information content (AvgIpc) is 3.55. The Bertz CT molecular complexity index is 1150. The molecule has 4 aliphatic rings. The normalized spacial score (nSPS) is 32.3. The molecule has 5 nitrogen and oxygen atoms in total. The fourth-order valence-electron chi connectivity index (χ4n) is 6.30. The fraction of sp³-hybridized carbons (Fsp3) is 0.520. The van der Waals surface area contributed by atoms with Crippen molar-refractivity contribution in [1.82, 2.24) is 9.62 Å². The molecule has 7 heteroatoms. The van der Waals surface area contributed by atoms with Crippen molar-refractivity contribution in [3.8, 4) is 5.75 Å². The summed E-state index contributed by atoms with van der Waals surface area (Å²) in [7, 11) is -0.972. The molecule has 3 aliphatic carbocycles. The van der Waals surface area contributed by atoms with Crippen LogP contribution < -0.4 is 9.46 Å². The number of benzene rings is 2. The fourth-order valence-corrected chi connectivity index (χ4v) is 8.07. The van der Waals surface area contributed by atoms with Gasteiger partial charge in [0.05, 0.1) is 5.25 Å². The molecular formula is C25H29ClN2O3S. The number of likely N-dealkylation sites (tertiary alicyclic amines) is 1. The molecule has 1 saturated heterocycles. The predicted molar refractivity (Wildman–Crippen MR) is 126 cm³/mol. The molecule has 2 aromatic carbocycles. The summed E-state index contributed by atoms with van der Waals surface area (Å²) in [6.07, 6.45) is 4.67. The Morgan fingerprint density at radius 2 is 2.00 bits per heavy atom. The van der Waals surface area contributed by atoms with Gasteiger partial charge in [0.15, 0.2) is 0 Å². The highest BCUT2D eigenvalue weighted by Crippen LogP contribution is 2.76. The monoisotopic (exact) mass is 472 g/mol. The molecule has 170 valence electrons. The number of sulfonamides is 1. The second-order valence-electron chi connectivity index (χ2n) is 9.93. The van der Waals surface area contributed by atoms with Crippen LogP contribution in [-0.4, -0.2) is 50.9 Å². The minimum Gasteiger partial charge on any atom is -0.492 e. The number of likely N-dealkylation sites (N-methyl/N-ethyl adjacent to an activating group) is 1. The first-order valence-electron chi connectivity index (χ1n) is 11.6. The van der Waals surface area contributed by atoms with Crippen molar-refractivity contribution < 1.29 is 13.2 Å². The zero-order valence-electron chi connectivity index (χ0n) is 18.3. The Hall–Kier alpha value is -1.60. The van der Waals surface area contributed by atoms with Crippen molar-refractivity contribution in [2.45, 2.75) is 55.4 Å². The molecule has 0 amide bonds.